The van der Waals surface area contributed by atoms with Gasteiger partial charge in [0, 0.05) is 16.8 Å². The molecule has 1 unspecified atom stereocenters. The number of hydrogen-bond acceptors (Lipinski definition) is 6. The lowest BCUT2D eigenvalue weighted by Gasteiger charge is -2.22. The summed E-state index contributed by atoms with van der Waals surface area (Å²) in [4.78, 5) is 21.3. The van der Waals surface area contributed by atoms with Crippen molar-refractivity contribution in [1.29, 1.82) is 0 Å². The van der Waals surface area contributed by atoms with Crippen LogP contribution in [0.5, 0.6) is 0 Å². The first-order chi connectivity index (χ1) is 14.5. The Morgan fingerprint density at radius 2 is 1.93 bits per heavy atom. The number of carbonyl (C=O) groups excluding carboxylic acids is 1. The summed E-state index contributed by atoms with van der Waals surface area (Å²) in [6.07, 6.45) is 4.54. The number of rotatable bonds is 5. The molecule has 1 aliphatic heterocycles. The highest BCUT2D eigenvalue weighted by Gasteiger charge is 2.24. The third-order valence-electron chi connectivity index (χ3n) is 4.75. The Kier molecular flexibility index (Phi) is 6.26. The van der Waals surface area contributed by atoms with E-state index in [4.69, 9.17) is 0 Å². The molecule has 1 aromatic carbocycles. The topological polar surface area (TPSA) is 84.0 Å². The van der Waals surface area contributed by atoms with Crippen LogP contribution in [0.2, 0.25) is 0 Å². The minimum absolute atomic E-state index is 0.000733. The largest absolute Gasteiger partial charge is 0.318 e. The summed E-state index contributed by atoms with van der Waals surface area (Å²) in [5.74, 6) is -2.06. The van der Waals surface area contributed by atoms with Gasteiger partial charge in [-0.1, -0.05) is 6.07 Å². The number of aromatic nitrogens is 2. The van der Waals surface area contributed by atoms with E-state index in [0.29, 0.717) is 10.6 Å². The van der Waals surface area contributed by atoms with E-state index in [2.05, 4.69) is 20.6 Å². The van der Waals surface area contributed by atoms with Crippen LogP contribution in [0.25, 0.3) is 10.6 Å². The highest BCUT2D eigenvalue weighted by molar-refractivity contribution is 7.85. The third kappa shape index (κ3) is 4.30. The summed E-state index contributed by atoms with van der Waals surface area (Å²) < 4.78 is 41.0. The highest BCUT2D eigenvalue weighted by Crippen LogP contribution is 2.30. The number of pyridine rings is 1. The molecule has 6 nitrogen and oxygen atoms in total. The van der Waals surface area contributed by atoms with Gasteiger partial charge >= 0.3 is 0 Å². The van der Waals surface area contributed by atoms with Crippen LogP contribution in [0.1, 0.15) is 23.3 Å². The zero-order valence-electron chi connectivity index (χ0n) is 15.7. The van der Waals surface area contributed by atoms with Gasteiger partial charge in [-0.05, 0) is 44.1 Å². The van der Waals surface area contributed by atoms with Crippen molar-refractivity contribution in [3.8, 4) is 10.6 Å². The SMILES string of the molecule is O=C(Nc1cnccc1S(=O)C1CCNCC1)c1csc(-c2c(F)cccc2F)n1. The number of nitrogens with zero attached hydrogens (tertiary/aromatic N) is 2. The normalized spacial score (nSPS) is 15.7. The average Bonchev–Trinajstić information content (AvgIpc) is 3.24. The Morgan fingerprint density at radius 3 is 2.67 bits per heavy atom. The van der Waals surface area contributed by atoms with E-state index < -0.39 is 28.3 Å². The van der Waals surface area contributed by atoms with Gasteiger partial charge in [0.15, 0.2) is 0 Å². The Bertz CT molecular complexity index is 1080. The molecule has 1 amide bonds. The Labute approximate surface area is 178 Å². The van der Waals surface area contributed by atoms with Crippen LogP contribution >= 0.6 is 11.3 Å². The van der Waals surface area contributed by atoms with Crippen LogP contribution in [-0.4, -0.2) is 38.4 Å². The molecular formula is C20H18F2N4O2S2. The lowest BCUT2D eigenvalue weighted by atomic mass is 10.2. The molecule has 156 valence electrons. The fraction of sp³-hybridized carbons (Fsp3) is 0.250. The molecule has 0 aliphatic carbocycles. The van der Waals surface area contributed by atoms with E-state index in [1.165, 1.54) is 23.8 Å². The lowest BCUT2D eigenvalue weighted by molar-refractivity contribution is 0.102. The second-order valence-corrected chi connectivity index (χ2v) is 9.27. The Balaban J connectivity index is 1.55. The first kappa shape index (κ1) is 20.7. The van der Waals surface area contributed by atoms with Crippen LogP contribution in [0.3, 0.4) is 0 Å². The molecule has 0 bridgehead atoms. The van der Waals surface area contributed by atoms with E-state index >= 15 is 0 Å². The number of anilines is 1. The van der Waals surface area contributed by atoms with Crippen molar-refractivity contribution in [1.82, 2.24) is 15.3 Å². The van der Waals surface area contributed by atoms with Crippen molar-refractivity contribution in [3.05, 3.63) is 59.4 Å². The quantitative estimate of drug-likeness (QED) is 0.623. The second-order valence-electron chi connectivity index (χ2n) is 6.71. The summed E-state index contributed by atoms with van der Waals surface area (Å²) in [5.41, 5.74) is 0.0849. The number of thiazole rings is 1. The predicted molar refractivity (Wildman–Crippen MR) is 112 cm³/mol. The molecule has 2 N–H and O–H groups in total. The molecule has 1 fully saturated rings. The summed E-state index contributed by atoms with van der Waals surface area (Å²) in [5, 5.41) is 7.42. The van der Waals surface area contributed by atoms with E-state index in [0.717, 1.165) is 49.4 Å². The molecule has 1 saturated heterocycles. The summed E-state index contributed by atoms with van der Waals surface area (Å²) in [6.45, 7) is 1.61. The van der Waals surface area contributed by atoms with Crippen LogP contribution in [-0.2, 0) is 10.8 Å². The number of halogens is 2. The van der Waals surface area contributed by atoms with Gasteiger partial charge in [0.25, 0.3) is 5.91 Å². The van der Waals surface area contributed by atoms with Crippen molar-refractivity contribution in [3.63, 3.8) is 0 Å². The molecule has 0 saturated carbocycles. The van der Waals surface area contributed by atoms with Gasteiger partial charge in [0.05, 0.1) is 33.1 Å². The maximum absolute atomic E-state index is 14.0. The zero-order valence-corrected chi connectivity index (χ0v) is 17.4. The van der Waals surface area contributed by atoms with Crippen molar-refractivity contribution in [2.75, 3.05) is 18.4 Å². The van der Waals surface area contributed by atoms with E-state index in [-0.39, 0.29) is 21.5 Å². The van der Waals surface area contributed by atoms with Crippen molar-refractivity contribution in [2.45, 2.75) is 23.0 Å². The monoisotopic (exact) mass is 448 g/mol. The van der Waals surface area contributed by atoms with Crippen molar-refractivity contribution >= 4 is 33.7 Å². The Morgan fingerprint density at radius 1 is 1.20 bits per heavy atom. The van der Waals surface area contributed by atoms with Crippen LogP contribution in [0.15, 0.2) is 46.9 Å². The van der Waals surface area contributed by atoms with Crippen LogP contribution in [0.4, 0.5) is 14.5 Å². The first-order valence-corrected chi connectivity index (χ1v) is 11.4. The number of amides is 1. The zero-order chi connectivity index (χ0) is 21.1. The third-order valence-corrected chi connectivity index (χ3v) is 7.47. The van der Waals surface area contributed by atoms with Gasteiger partial charge < -0.3 is 10.6 Å². The standard InChI is InChI=1S/C20H18F2N4O2S2/c21-13-2-1-3-14(22)18(13)20-26-16(11-29-20)19(27)25-15-10-24-9-6-17(15)30(28)12-4-7-23-8-5-12/h1-3,6,9-12,23H,4-5,7-8H2,(H,25,27). The summed E-state index contributed by atoms with van der Waals surface area (Å²) >= 11 is 0.969. The first-order valence-electron chi connectivity index (χ1n) is 9.31. The fourth-order valence-corrected chi connectivity index (χ4v) is 5.61. The van der Waals surface area contributed by atoms with E-state index in [9.17, 15) is 17.8 Å². The molecule has 0 spiro atoms. The molecule has 2 aromatic heterocycles. The van der Waals surface area contributed by atoms with Gasteiger partial charge in [-0.2, -0.15) is 0 Å². The number of carbonyl (C=O) groups is 1. The van der Waals surface area contributed by atoms with Crippen LogP contribution in [0, 0.1) is 11.6 Å². The summed E-state index contributed by atoms with van der Waals surface area (Å²) in [6, 6.07) is 5.17. The molecule has 30 heavy (non-hydrogen) atoms. The van der Waals surface area contributed by atoms with Gasteiger partial charge in [-0.3, -0.25) is 14.0 Å². The van der Waals surface area contributed by atoms with Gasteiger partial charge in [0.2, 0.25) is 0 Å². The smallest absolute Gasteiger partial charge is 0.275 e. The lowest BCUT2D eigenvalue weighted by Crippen LogP contribution is -2.33. The van der Waals surface area contributed by atoms with E-state index in [1.807, 2.05) is 0 Å². The summed E-state index contributed by atoms with van der Waals surface area (Å²) in [7, 11) is -1.30. The fourth-order valence-electron chi connectivity index (χ4n) is 3.22. The molecule has 4 rings (SSSR count). The maximum Gasteiger partial charge on any atom is 0.275 e. The minimum atomic E-state index is -1.30. The number of nitrogens with one attached hydrogen (secondary N) is 2. The maximum atomic E-state index is 14.0. The molecule has 3 aromatic rings. The average molecular weight is 449 g/mol. The number of benzene rings is 1. The molecule has 10 heteroatoms. The number of hydrogen-bond donors (Lipinski definition) is 2. The molecular weight excluding hydrogens is 430 g/mol. The van der Waals surface area contributed by atoms with Crippen molar-refractivity contribution in [2.24, 2.45) is 0 Å². The minimum Gasteiger partial charge on any atom is -0.318 e. The number of piperidine rings is 1. The molecule has 0 radical (unpaired) electrons. The van der Waals surface area contributed by atoms with Crippen LogP contribution < -0.4 is 10.6 Å². The molecule has 1 aliphatic rings. The van der Waals surface area contributed by atoms with Gasteiger partial charge in [-0.25, -0.2) is 13.8 Å². The second kappa shape index (κ2) is 9.07. The van der Waals surface area contributed by atoms with Gasteiger partial charge in [0.1, 0.15) is 22.3 Å². The Hall–Kier alpha value is -2.56. The molecule has 1 atom stereocenters. The predicted octanol–water partition coefficient (Wildman–Crippen LogP) is 3.60. The highest BCUT2D eigenvalue weighted by atomic mass is 32.2. The molecule has 3 heterocycles. The van der Waals surface area contributed by atoms with Gasteiger partial charge in [-0.15, -0.1) is 11.3 Å². The van der Waals surface area contributed by atoms with Crippen molar-refractivity contribution < 1.29 is 17.8 Å². The van der Waals surface area contributed by atoms with E-state index in [1.54, 1.807) is 6.07 Å².